The lowest BCUT2D eigenvalue weighted by molar-refractivity contribution is -0.0338. The van der Waals surface area contributed by atoms with E-state index in [0.717, 1.165) is 25.7 Å². The number of hydrogen-bond donors (Lipinski definition) is 2. The van der Waals surface area contributed by atoms with Crippen molar-refractivity contribution in [3.8, 4) is 0 Å². The molecule has 0 radical (unpaired) electrons. The molecule has 0 aliphatic heterocycles. The molecule has 0 saturated heterocycles. The second-order valence-corrected chi connectivity index (χ2v) is 12.4. The molecule has 1 aliphatic rings. The Morgan fingerprint density at radius 1 is 0.833 bits per heavy atom. The molecule has 0 aromatic carbocycles. The molecule has 0 bridgehead atoms. The summed E-state index contributed by atoms with van der Waals surface area (Å²) < 4.78 is 0. The Bertz CT molecular complexity index is 237. The fraction of sp³-hybridized carbons (Fsp3) is 1.00. The van der Waals surface area contributed by atoms with Gasteiger partial charge in [0.25, 0.3) is 0 Å². The molecular formula is C15H32O2Si. The number of aliphatic hydroxyl groups is 2. The molecule has 108 valence electrons. The second-order valence-electron chi connectivity index (χ2n) is 7.06. The van der Waals surface area contributed by atoms with E-state index in [1.807, 2.05) is 0 Å². The van der Waals surface area contributed by atoms with E-state index in [2.05, 4.69) is 19.6 Å². The van der Waals surface area contributed by atoms with Gasteiger partial charge in [-0.2, -0.15) is 0 Å². The molecule has 0 aromatic rings. The lowest BCUT2D eigenvalue weighted by Gasteiger charge is -2.43. The zero-order chi connectivity index (χ0) is 13.6. The van der Waals surface area contributed by atoms with Gasteiger partial charge in [0.1, 0.15) is 0 Å². The lowest BCUT2D eigenvalue weighted by Crippen LogP contribution is -2.60. The Morgan fingerprint density at radius 2 is 1.28 bits per heavy atom. The van der Waals surface area contributed by atoms with Crippen LogP contribution in [-0.2, 0) is 0 Å². The third-order valence-electron chi connectivity index (χ3n) is 4.64. The van der Waals surface area contributed by atoms with Crippen LogP contribution in [0.5, 0.6) is 0 Å². The summed E-state index contributed by atoms with van der Waals surface area (Å²) >= 11 is 0. The van der Waals surface area contributed by atoms with Crippen LogP contribution in [0.15, 0.2) is 0 Å². The molecule has 2 atom stereocenters. The standard InChI is InChI=1S/C15H32O2Si/c1-18(2,3)15(17)13-11-9-7-5-4-6-8-10-12-14(15)16/h14,16-17H,4-13H2,1-3H3/t14?,15-/m0/s1. The number of rotatable bonds is 1. The van der Waals surface area contributed by atoms with Crippen molar-refractivity contribution in [1.82, 2.24) is 0 Å². The first kappa shape index (κ1) is 16.2. The van der Waals surface area contributed by atoms with Gasteiger partial charge in [-0.3, -0.25) is 0 Å². The van der Waals surface area contributed by atoms with Gasteiger partial charge in [-0.25, -0.2) is 0 Å². The average Bonchev–Trinajstić information content (AvgIpc) is 2.27. The number of aliphatic hydroxyl groups excluding tert-OH is 1. The third kappa shape index (κ3) is 4.36. The molecule has 1 fully saturated rings. The molecule has 3 heteroatoms. The maximum atomic E-state index is 11.0. The summed E-state index contributed by atoms with van der Waals surface area (Å²) in [6.45, 7) is 6.55. The van der Waals surface area contributed by atoms with Gasteiger partial charge in [-0.15, -0.1) is 0 Å². The lowest BCUT2D eigenvalue weighted by atomic mass is 9.97. The van der Waals surface area contributed by atoms with Gasteiger partial charge in [-0.05, 0) is 12.8 Å². The van der Waals surface area contributed by atoms with Crippen LogP contribution in [0.2, 0.25) is 19.6 Å². The van der Waals surface area contributed by atoms with E-state index in [4.69, 9.17) is 0 Å². The Kier molecular flexibility index (Phi) is 6.35. The van der Waals surface area contributed by atoms with Crippen molar-refractivity contribution < 1.29 is 10.2 Å². The molecular weight excluding hydrogens is 240 g/mol. The fourth-order valence-corrected chi connectivity index (χ4v) is 5.14. The van der Waals surface area contributed by atoms with Crippen LogP contribution < -0.4 is 0 Å². The van der Waals surface area contributed by atoms with Gasteiger partial charge in [0.15, 0.2) is 0 Å². The van der Waals surface area contributed by atoms with Crippen molar-refractivity contribution >= 4 is 8.07 Å². The van der Waals surface area contributed by atoms with Crippen LogP contribution in [0.1, 0.15) is 64.2 Å². The van der Waals surface area contributed by atoms with E-state index in [1.165, 1.54) is 38.5 Å². The Morgan fingerprint density at radius 3 is 1.78 bits per heavy atom. The SMILES string of the molecule is C[Si](C)(C)[C@@]1(O)CCCCCCCCCCC1O. The smallest absolute Gasteiger partial charge is 0.0854 e. The summed E-state index contributed by atoms with van der Waals surface area (Å²) in [7, 11) is -1.76. The van der Waals surface area contributed by atoms with E-state index >= 15 is 0 Å². The zero-order valence-electron chi connectivity index (χ0n) is 12.5. The molecule has 0 amide bonds. The van der Waals surface area contributed by atoms with Crippen LogP contribution in [0.25, 0.3) is 0 Å². The van der Waals surface area contributed by atoms with Gasteiger partial charge >= 0.3 is 0 Å². The largest absolute Gasteiger partial charge is 0.391 e. The van der Waals surface area contributed by atoms with Crippen LogP contribution in [0.3, 0.4) is 0 Å². The van der Waals surface area contributed by atoms with Crippen molar-refractivity contribution in [3.05, 3.63) is 0 Å². The highest BCUT2D eigenvalue weighted by Gasteiger charge is 2.46. The monoisotopic (exact) mass is 272 g/mol. The first-order valence-corrected chi connectivity index (χ1v) is 11.3. The highest BCUT2D eigenvalue weighted by Crippen LogP contribution is 2.33. The first-order valence-electron chi connectivity index (χ1n) is 7.78. The van der Waals surface area contributed by atoms with Crippen LogP contribution in [-0.4, -0.2) is 29.6 Å². The Hall–Kier alpha value is 0.137. The van der Waals surface area contributed by atoms with E-state index in [1.54, 1.807) is 0 Å². The van der Waals surface area contributed by atoms with Crippen LogP contribution in [0, 0.1) is 0 Å². The predicted octanol–water partition coefficient (Wildman–Crippen LogP) is 3.87. The maximum Gasteiger partial charge on any atom is 0.0854 e. The van der Waals surface area contributed by atoms with Crippen molar-refractivity contribution in [2.75, 3.05) is 0 Å². The minimum atomic E-state index is -1.76. The van der Waals surface area contributed by atoms with E-state index in [-0.39, 0.29) is 0 Å². The summed E-state index contributed by atoms with van der Waals surface area (Å²) in [5.41, 5.74) is 0. The summed E-state index contributed by atoms with van der Waals surface area (Å²) in [4.78, 5) is 0. The Labute approximate surface area is 114 Å². The fourth-order valence-electron chi connectivity index (χ4n) is 3.07. The minimum absolute atomic E-state index is 0.511. The van der Waals surface area contributed by atoms with Crippen molar-refractivity contribution in [3.63, 3.8) is 0 Å². The number of hydrogen-bond acceptors (Lipinski definition) is 2. The second kappa shape index (κ2) is 7.06. The van der Waals surface area contributed by atoms with Crippen LogP contribution in [0.4, 0.5) is 0 Å². The van der Waals surface area contributed by atoms with Gasteiger partial charge < -0.3 is 10.2 Å². The molecule has 0 aromatic heterocycles. The van der Waals surface area contributed by atoms with Gasteiger partial charge in [-0.1, -0.05) is 71.0 Å². The molecule has 1 saturated carbocycles. The normalized spacial score (nSPS) is 33.5. The summed E-state index contributed by atoms with van der Waals surface area (Å²) in [5, 5.41) is 20.6. The van der Waals surface area contributed by atoms with Crippen molar-refractivity contribution in [1.29, 1.82) is 0 Å². The molecule has 1 rings (SSSR count). The highest BCUT2D eigenvalue weighted by molar-refractivity contribution is 6.79. The zero-order valence-corrected chi connectivity index (χ0v) is 13.5. The van der Waals surface area contributed by atoms with E-state index in [0.29, 0.717) is 0 Å². The molecule has 18 heavy (non-hydrogen) atoms. The first-order chi connectivity index (χ1) is 8.38. The van der Waals surface area contributed by atoms with Gasteiger partial charge in [0, 0.05) is 0 Å². The van der Waals surface area contributed by atoms with E-state index < -0.39 is 19.4 Å². The van der Waals surface area contributed by atoms with Crippen molar-refractivity contribution in [2.45, 2.75) is 95.2 Å². The predicted molar refractivity (Wildman–Crippen MR) is 80.5 cm³/mol. The topological polar surface area (TPSA) is 40.5 Å². The third-order valence-corrected chi connectivity index (χ3v) is 7.82. The summed E-state index contributed by atoms with van der Waals surface area (Å²) in [6.07, 6.45) is 10.9. The summed E-state index contributed by atoms with van der Waals surface area (Å²) in [6, 6.07) is 0. The molecule has 2 N–H and O–H groups in total. The minimum Gasteiger partial charge on any atom is -0.391 e. The van der Waals surface area contributed by atoms with Gasteiger partial charge in [0.2, 0.25) is 0 Å². The maximum absolute atomic E-state index is 11.0. The van der Waals surface area contributed by atoms with E-state index in [9.17, 15) is 10.2 Å². The van der Waals surface area contributed by atoms with Crippen LogP contribution >= 0.6 is 0 Å². The molecule has 1 unspecified atom stereocenters. The molecule has 2 nitrogen and oxygen atoms in total. The average molecular weight is 273 g/mol. The molecule has 1 aliphatic carbocycles. The van der Waals surface area contributed by atoms with Gasteiger partial charge in [0.05, 0.1) is 19.4 Å². The summed E-state index contributed by atoms with van der Waals surface area (Å²) in [5.74, 6) is 0. The molecule has 0 heterocycles. The highest BCUT2D eigenvalue weighted by atomic mass is 28.3. The Balaban J connectivity index is 2.69. The van der Waals surface area contributed by atoms with Crippen molar-refractivity contribution in [2.24, 2.45) is 0 Å². The molecule has 0 spiro atoms. The quantitative estimate of drug-likeness (QED) is 0.711.